The fraction of sp³-hybridized carbons (Fsp3) is 0.611. The molecule has 2 fully saturated rings. The zero-order chi connectivity index (χ0) is 16.1. The number of hydrogen-bond donors (Lipinski definition) is 2. The highest BCUT2D eigenvalue weighted by Gasteiger charge is 2.36. The van der Waals surface area contributed by atoms with Crippen molar-refractivity contribution < 1.29 is 14.6 Å². The van der Waals surface area contributed by atoms with E-state index >= 15 is 0 Å². The average molecular weight is 318 g/mol. The molecular weight excluding hydrogens is 292 g/mol. The van der Waals surface area contributed by atoms with E-state index in [4.69, 9.17) is 4.74 Å². The van der Waals surface area contributed by atoms with Crippen LogP contribution >= 0.6 is 0 Å². The molecule has 1 aromatic carbocycles. The smallest absolute Gasteiger partial charge is 0.234 e. The number of carbonyl (C=O) groups is 1. The minimum absolute atomic E-state index is 0.0323. The number of β-amino-alcohol motifs (C(OH)–C–C–N with tert-alkyl or cyclic N) is 1. The second kappa shape index (κ2) is 7.43. The molecular formula is C18H26N2O3. The van der Waals surface area contributed by atoms with E-state index in [-0.39, 0.29) is 17.6 Å². The number of likely N-dealkylation sites (tertiary alicyclic amines) is 1. The maximum Gasteiger partial charge on any atom is 0.234 e. The van der Waals surface area contributed by atoms with Gasteiger partial charge in [0.15, 0.2) is 0 Å². The normalized spacial score (nSPS) is 25.0. The molecule has 0 unspecified atom stereocenters. The van der Waals surface area contributed by atoms with Crippen molar-refractivity contribution in [2.45, 2.75) is 37.3 Å². The second-order valence-electron chi connectivity index (χ2n) is 6.64. The van der Waals surface area contributed by atoms with E-state index in [0.29, 0.717) is 26.3 Å². The van der Waals surface area contributed by atoms with E-state index in [0.717, 1.165) is 37.8 Å². The van der Waals surface area contributed by atoms with Crippen LogP contribution in [0.25, 0.3) is 0 Å². The second-order valence-corrected chi connectivity index (χ2v) is 6.64. The highest BCUT2D eigenvalue weighted by Crippen LogP contribution is 2.32. The molecule has 1 atom stereocenters. The lowest BCUT2D eigenvalue weighted by Gasteiger charge is -2.39. The number of nitrogens with one attached hydrogen (secondary N) is 1. The van der Waals surface area contributed by atoms with Gasteiger partial charge < -0.3 is 15.2 Å². The van der Waals surface area contributed by atoms with Crippen LogP contribution < -0.4 is 5.32 Å². The fourth-order valence-corrected chi connectivity index (χ4v) is 3.65. The van der Waals surface area contributed by atoms with Crippen LogP contribution in [-0.4, -0.2) is 54.9 Å². The molecule has 2 aliphatic heterocycles. The summed E-state index contributed by atoms with van der Waals surface area (Å²) in [6.07, 6.45) is 3.08. The highest BCUT2D eigenvalue weighted by molar-refractivity contribution is 5.79. The third-order valence-corrected chi connectivity index (χ3v) is 4.90. The Morgan fingerprint density at radius 1 is 1.30 bits per heavy atom. The zero-order valence-corrected chi connectivity index (χ0v) is 13.5. The Labute approximate surface area is 137 Å². The lowest BCUT2D eigenvalue weighted by atomic mass is 9.82. The molecule has 23 heavy (non-hydrogen) atoms. The van der Waals surface area contributed by atoms with Gasteiger partial charge in [0.05, 0.1) is 18.2 Å². The van der Waals surface area contributed by atoms with Crippen LogP contribution in [0.5, 0.6) is 0 Å². The topological polar surface area (TPSA) is 61.8 Å². The number of piperidine rings is 1. The van der Waals surface area contributed by atoms with Gasteiger partial charge >= 0.3 is 0 Å². The van der Waals surface area contributed by atoms with Gasteiger partial charge in [0, 0.05) is 19.8 Å². The maximum atomic E-state index is 12.6. The predicted molar refractivity (Wildman–Crippen MR) is 88.0 cm³/mol. The fourth-order valence-electron chi connectivity index (χ4n) is 3.65. The highest BCUT2D eigenvalue weighted by atomic mass is 16.5. The lowest BCUT2D eigenvalue weighted by molar-refractivity contribution is -0.126. The molecule has 0 saturated carbocycles. The maximum absolute atomic E-state index is 12.6. The van der Waals surface area contributed by atoms with E-state index in [1.165, 1.54) is 0 Å². The minimum atomic E-state index is -0.328. The number of aliphatic hydroxyl groups excluding tert-OH is 1. The van der Waals surface area contributed by atoms with Gasteiger partial charge in [0.1, 0.15) is 0 Å². The molecule has 0 spiro atoms. The molecule has 2 heterocycles. The standard InChI is InChI=1S/C18H26N2O3/c21-16-7-4-10-20(13-16)14-17(22)19-18(8-11-23-12-9-18)15-5-2-1-3-6-15/h1-3,5-6,16,21H,4,7-14H2,(H,19,22)/t16-/m1/s1. The number of hydrogen-bond acceptors (Lipinski definition) is 4. The van der Waals surface area contributed by atoms with Crippen LogP contribution in [0.2, 0.25) is 0 Å². The first-order valence-corrected chi connectivity index (χ1v) is 8.53. The van der Waals surface area contributed by atoms with Crippen molar-refractivity contribution in [2.24, 2.45) is 0 Å². The monoisotopic (exact) mass is 318 g/mol. The molecule has 2 saturated heterocycles. The zero-order valence-electron chi connectivity index (χ0n) is 13.5. The predicted octanol–water partition coefficient (Wildman–Crippen LogP) is 1.27. The van der Waals surface area contributed by atoms with Crippen molar-refractivity contribution >= 4 is 5.91 Å². The van der Waals surface area contributed by atoms with E-state index in [1.807, 2.05) is 23.1 Å². The molecule has 5 nitrogen and oxygen atoms in total. The van der Waals surface area contributed by atoms with Crippen LogP contribution in [0, 0.1) is 0 Å². The molecule has 2 N–H and O–H groups in total. The number of benzene rings is 1. The van der Waals surface area contributed by atoms with Crippen molar-refractivity contribution in [2.75, 3.05) is 32.8 Å². The number of rotatable bonds is 4. The molecule has 0 bridgehead atoms. The number of aliphatic hydroxyl groups is 1. The van der Waals surface area contributed by atoms with E-state index in [1.54, 1.807) is 0 Å². The van der Waals surface area contributed by atoms with Crippen LogP contribution in [0.15, 0.2) is 30.3 Å². The third kappa shape index (κ3) is 4.10. The number of carbonyl (C=O) groups excluding carboxylic acids is 1. The molecule has 2 aliphatic rings. The van der Waals surface area contributed by atoms with Crippen LogP contribution in [0.4, 0.5) is 0 Å². The summed E-state index contributed by atoms with van der Waals surface area (Å²) in [4.78, 5) is 14.6. The summed E-state index contributed by atoms with van der Waals surface area (Å²) < 4.78 is 5.50. The average Bonchev–Trinajstić information content (AvgIpc) is 2.56. The van der Waals surface area contributed by atoms with Gasteiger partial charge in [-0.05, 0) is 37.8 Å². The summed E-state index contributed by atoms with van der Waals surface area (Å²) in [7, 11) is 0. The van der Waals surface area contributed by atoms with Gasteiger partial charge in [0.25, 0.3) is 0 Å². The molecule has 1 amide bonds. The van der Waals surface area contributed by atoms with Crippen LogP contribution in [0.3, 0.4) is 0 Å². The van der Waals surface area contributed by atoms with Crippen molar-refractivity contribution in [1.82, 2.24) is 10.2 Å². The largest absolute Gasteiger partial charge is 0.392 e. The molecule has 5 heteroatoms. The Balaban J connectivity index is 1.67. The van der Waals surface area contributed by atoms with E-state index < -0.39 is 0 Å². The van der Waals surface area contributed by atoms with Gasteiger partial charge in [-0.1, -0.05) is 30.3 Å². The molecule has 0 aromatic heterocycles. The first-order chi connectivity index (χ1) is 11.2. The summed E-state index contributed by atoms with van der Waals surface area (Å²) in [5.74, 6) is 0.0323. The quantitative estimate of drug-likeness (QED) is 0.877. The summed E-state index contributed by atoms with van der Waals surface area (Å²) in [5.41, 5.74) is 0.820. The third-order valence-electron chi connectivity index (χ3n) is 4.90. The van der Waals surface area contributed by atoms with Crippen molar-refractivity contribution in [1.29, 1.82) is 0 Å². The number of amides is 1. The molecule has 0 aliphatic carbocycles. The summed E-state index contributed by atoms with van der Waals surface area (Å²) in [5, 5.41) is 13.0. The number of ether oxygens (including phenoxy) is 1. The molecule has 1 aromatic rings. The Bertz CT molecular complexity index is 514. The summed E-state index contributed by atoms with van der Waals surface area (Å²) in [6, 6.07) is 10.2. The SMILES string of the molecule is O=C(CN1CCC[C@@H](O)C1)NC1(c2ccccc2)CCOCC1. The van der Waals surface area contributed by atoms with Crippen molar-refractivity contribution in [3.05, 3.63) is 35.9 Å². The molecule has 0 radical (unpaired) electrons. The number of nitrogens with zero attached hydrogens (tertiary/aromatic N) is 1. The van der Waals surface area contributed by atoms with Gasteiger partial charge in [-0.15, -0.1) is 0 Å². The van der Waals surface area contributed by atoms with Crippen molar-refractivity contribution in [3.8, 4) is 0 Å². The van der Waals surface area contributed by atoms with Gasteiger partial charge in [-0.3, -0.25) is 9.69 Å². The Morgan fingerprint density at radius 3 is 2.74 bits per heavy atom. The summed E-state index contributed by atoms with van der Waals surface area (Å²) >= 11 is 0. The molecule has 3 rings (SSSR count). The Morgan fingerprint density at radius 2 is 2.04 bits per heavy atom. The van der Waals surface area contributed by atoms with Gasteiger partial charge in [0.2, 0.25) is 5.91 Å². The summed E-state index contributed by atoms with van der Waals surface area (Å²) in [6.45, 7) is 3.16. The van der Waals surface area contributed by atoms with E-state index in [2.05, 4.69) is 17.4 Å². The lowest BCUT2D eigenvalue weighted by Crippen LogP contribution is -2.53. The van der Waals surface area contributed by atoms with E-state index in [9.17, 15) is 9.90 Å². The van der Waals surface area contributed by atoms with Crippen LogP contribution in [-0.2, 0) is 15.1 Å². The Hall–Kier alpha value is -1.43. The van der Waals surface area contributed by atoms with Gasteiger partial charge in [-0.25, -0.2) is 0 Å². The van der Waals surface area contributed by atoms with Crippen molar-refractivity contribution in [3.63, 3.8) is 0 Å². The first kappa shape index (κ1) is 16.4. The Kier molecular flexibility index (Phi) is 5.30. The van der Waals surface area contributed by atoms with Crippen LogP contribution in [0.1, 0.15) is 31.2 Å². The van der Waals surface area contributed by atoms with Gasteiger partial charge in [-0.2, -0.15) is 0 Å². The first-order valence-electron chi connectivity index (χ1n) is 8.53. The molecule has 126 valence electrons. The minimum Gasteiger partial charge on any atom is -0.392 e.